The van der Waals surface area contributed by atoms with E-state index in [1.165, 1.54) is 7.11 Å². The molecule has 0 bridgehead atoms. The summed E-state index contributed by atoms with van der Waals surface area (Å²) in [6.07, 6.45) is 4.07. The highest BCUT2D eigenvalue weighted by Crippen LogP contribution is 2.28. The Morgan fingerprint density at radius 1 is 1.25 bits per heavy atom. The first kappa shape index (κ1) is 13.0. The first-order valence-electron chi connectivity index (χ1n) is 5.92. The molecule has 1 atom stereocenters. The molecule has 0 aromatic carbocycles. The number of esters is 1. The molecule has 0 saturated heterocycles. The zero-order valence-corrected chi connectivity index (χ0v) is 10.3. The Bertz CT molecular complexity index is 257. The molecule has 1 saturated carbocycles. The van der Waals surface area contributed by atoms with Crippen LogP contribution in [0.25, 0.3) is 0 Å². The summed E-state index contributed by atoms with van der Waals surface area (Å²) in [4.78, 5) is 23.0. The van der Waals surface area contributed by atoms with Crippen LogP contribution >= 0.6 is 0 Å². The second-order valence-electron chi connectivity index (χ2n) is 4.71. The SMILES string of the molecule is COC(=O)C(C)NC(=O)C1CCC(C)CC1. The molecular formula is C12H21NO3. The second kappa shape index (κ2) is 5.87. The third-order valence-electron chi connectivity index (χ3n) is 3.30. The summed E-state index contributed by atoms with van der Waals surface area (Å²) in [6.45, 7) is 3.86. The molecule has 1 N–H and O–H groups in total. The van der Waals surface area contributed by atoms with Gasteiger partial charge in [-0.1, -0.05) is 6.92 Å². The summed E-state index contributed by atoms with van der Waals surface area (Å²) >= 11 is 0. The minimum Gasteiger partial charge on any atom is -0.467 e. The van der Waals surface area contributed by atoms with Crippen LogP contribution in [-0.2, 0) is 14.3 Å². The third kappa shape index (κ3) is 3.51. The molecule has 0 radical (unpaired) electrons. The fraction of sp³-hybridized carbons (Fsp3) is 0.833. The molecule has 0 aromatic rings. The molecule has 4 heteroatoms. The smallest absolute Gasteiger partial charge is 0.328 e. The van der Waals surface area contributed by atoms with E-state index in [2.05, 4.69) is 17.0 Å². The number of rotatable bonds is 3. The van der Waals surface area contributed by atoms with Gasteiger partial charge in [-0.15, -0.1) is 0 Å². The minimum absolute atomic E-state index is 0.00944. The average Bonchev–Trinajstić information content (AvgIpc) is 2.28. The fourth-order valence-electron chi connectivity index (χ4n) is 2.09. The van der Waals surface area contributed by atoms with Gasteiger partial charge in [0.25, 0.3) is 0 Å². The summed E-state index contributed by atoms with van der Waals surface area (Å²) in [7, 11) is 1.33. The van der Waals surface area contributed by atoms with Crippen molar-refractivity contribution in [2.45, 2.75) is 45.6 Å². The molecule has 0 aromatic heterocycles. The molecule has 4 nitrogen and oxygen atoms in total. The number of hydrogen-bond acceptors (Lipinski definition) is 3. The average molecular weight is 227 g/mol. The maximum Gasteiger partial charge on any atom is 0.328 e. The summed E-state index contributed by atoms with van der Waals surface area (Å²) in [5.74, 6) is 0.396. The quantitative estimate of drug-likeness (QED) is 0.743. The Balaban J connectivity index is 2.37. The summed E-state index contributed by atoms with van der Waals surface area (Å²) < 4.78 is 4.56. The highest BCUT2D eigenvalue weighted by atomic mass is 16.5. The number of amides is 1. The highest BCUT2D eigenvalue weighted by molar-refractivity contribution is 5.85. The van der Waals surface area contributed by atoms with Crippen LogP contribution in [0.15, 0.2) is 0 Å². The van der Waals surface area contributed by atoms with E-state index < -0.39 is 12.0 Å². The lowest BCUT2D eigenvalue weighted by Crippen LogP contribution is -2.43. The van der Waals surface area contributed by atoms with Gasteiger partial charge in [0.2, 0.25) is 5.91 Å². The number of methoxy groups -OCH3 is 1. The van der Waals surface area contributed by atoms with E-state index in [1.807, 2.05) is 0 Å². The van der Waals surface area contributed by atoms with Crippen LogP contribution < -0.4 is 5.32 Å². The number of ether oxygens (including phenoxy) is 1. The summed E-state index contributed by atoms with van der Waals surface area (Å²) in [5, 5.41) is 2.70. The lowest BCUT2D eigenvalue weighted by Gasteiger charge is -2.26. The van der Waals surface area contributed by atoms with Crippen LogP contribution in [0.5, 0.6) is 0 Å². The van der Waals surface area contributed by atoms with Gasteiger partial charge in [0, 0.05) is 5.92 Å². The molecule has 1 fully saturated rings. The van der Waals surface area contributed by atoms with Gasteiger partial charge in [-0.05, 0) is 38.5 Å². The van der Waals surface area contributed by atoms with Crippen LogP contribution in [-0.4, -0.2) is 25.0 Å². The minimum atomic E-state index is -0.545. The van der Waals surface area contributed by atoms with Crippen molar-refractivity contribution in [1.29, 1.82) is 0 Å². The zero-order valence-electron chi connectivity index (χ0n) is 10.3. The maximum atomic E-state index is 11.8. The molecule has 1 rings (SSSR count). The molecule has 1 aliphatic rings. The standard InChI is InChI=1S/C12H21NO3/c1-8-4-6-10(7-5-8)11(14)13-9(2)12(15)16-3/h8-10H,4-7H2,1-3H3,(H,13,14). The second-order valence-corrected chi connectivity index (χ2v) is 4.71. The van der Waals surface area contributed by atoms with Crippen molar-refractivity contribution in [3.63, 3.8) is 0 Å². The Morgan fingerprint density at radius 3 is 2.31 bits per heavy atom. The van der Waals surface area contributed by atoms with Gasteiger partial charge < -0.3 is 10.1 Å². The van der Waals surface area contributed by atoms with Crippen molar-refractivity contribution in [3.05, 3.63) is 0 Å². The molecule has 0 spiro atoms. The molecule has 1 unspecified atom stereocenters. The van der Waals surface area contributed by atoms with Crippen molar-refractivity contribution in [2.75, 3.05) is 7.11 Å². The fourth-order valence-corrected chi connectivity index (χ4v) is 2.09. The molecule has 0 heterocycles. The predicted octanol–water partition coefficient (Wildman–Crippen LogP) is 1.49. The van der Waals surface area contributed by atoms with Crippen LogP contribution in [0, 0.1) is 11.8 Å². The van der Waals surface area contributed by atoms with Crippen LogP contribution in [0.3, 0.4) is 0 Å². The summed E-state index contributed by atoms with van der Waals surface area (Å²) in [5.41, 5.74) is 0. The lowest BCUT2D eigenvalue weighted by atomic mass is 9.82. The molecule has 0 aliphatic heterocycles. The van der Waals surface area contributed by atoms with Crippen molar-refractivity contribution >= 4 is 11.9 Å². The van der Waals surface area contributed by atoms with Gasteiger partial charge in [0.05, 0.1) is 7.11 Å². The van der Waals surface area contributed by atoms with Crippen LogP contribution in [0.2, 0.25) is 0 Å². The molecular weight excluding hydrogens is 206 g/mol. The van der Waals surface area contributed by atoms with Crippen molar-refractivity contribution in [1.82, 2.24) is 5.32 Å². The molecule has 1 amide bonds. The number of carbonyl (C=O) groups is 2. The Labute approximate surface area is 96.7 Å². The zero-order chi connectivity index (χ0) is 12.1. The summed E-state index contributed by atoms with van der Waals surface area (Å²) in [6, 6.07) is -0.545. The normalized spacial score (nSPS) is 26.9. The molecule has 16 heavy (non-hydrogen) atoms. The van der Waals surface area contributed by atoms with Gasteiger partial charge in [-0.25, -0.2) is 4.79 Å². The highest BCUT2D eigenvalue weighted by Gasteiger charge is 2.26. The Kier molecular flexibility index (Phi) is 4.77. The number of carbonyl (C=O) groups excluding carboxylic acids is 2. The van der Waals surface area contributed by atoms with Crippen molar-refractivity contribution < 1.29 is 14.3 Å². The van der Waals surface area contributed by atoms with Gasteiger partial charge in [-0.3, -0.25) is 4.79 Å². The van der Waals surface area contributed by atoms with Crippen LogP contribution in [0.4, 0.5) is 0 Å². The third-order valence-corrected chi connectivity index (χ3v) is 3.30. The topological polar surface area (TPSA) is 55.4 Å². The van der Waals surface area contributed by atoms with E-state index in [9.17, 15) is 9.59 Å². The maximum absolute atomic E-state index is 11.8. The van der Waals surface area contributed by atoms with E-state index in [4.69, 9.17) is 0 Å². The van der Waals surface area contributed by atoms with E-state index in [1.54, 1.807) is 6.92 Å². The lowest BCUT2D eigenvalue weighted by molar-refractivity contribution is -0.145. The first-order chi connectivity index (χ1) is 7.54. The first-order valence-corrected chi connectivity index (χ1v) is 5.92. The van der Waals surface area contributed by atoms with Gasteiger partial charge in [-0.2, -0.15) is 0 Å². The largest absolute Gasteiger partial charge is 0.467 e. The Morgan fingerprint density at radius 2 is 1.81 bits per heavy atom. The van der Waals surface area contributed by atoms with Crippen LogP contribution in [0.1, 0.15) is 39.5 Å². The molecule has 1 aliphatic carbocycles. The van der Waals surface area contributed by atoms with Crippen molar-refractivity contribution in [2.24, 2.45) is 11.8 Å². The monoisotopic (exact) mass is 227 g/mol. The van der Waals surface area contributed by atoms with E-state index >= 15 is 0 Å². The van der Waals surface area contributed by atoms with Crippen molar-refractivity contribution in [3.8, 4) is 0 Å². The predicted molar refractivity (Wildman–Crippen MR) is 60.7 cm³/mol. The van der Waals surface area contributed by atoms with Gasteiger partial charge in [0.15, 0.2) is 0 Å². The Hall–Kier alpha value is -1.06. The van der Waals surface area contributed by atoms with E-state index in [-0.39, 0.29) is 11.8 Å². The van der Waals surface area contributed by atoms with E-state index in [0.29, 0.717) is 0 Å². The van der Waals surface area contributed by atoms with Gasteiger partial charge in [0.1, 0.15) is 6.04 Å². The van der Waals surface area contributed by atoms with E-state index in [0.717, 1.165) is 31.6 Å². The van der Waals surface area contributed by atoms with Gasteiger partial charge >= 0.3 is 5.97 Å². The number of nitrogens with one attached hydrogen (secondary N) is 1. The molecule has 92 valence electrons. The number of hydrogen-bond donors (Lipinski definition) is 1.